The number of aryl methyl sites for hydroxylation is 1. The average Bonchev–Trinajstić information content (AvgIpc) is 2.97. The molecule has 1 aliphatic carbocycles. The van der Waals surface area contributed by atoms with Crippen LogP contribution in [0.5, 0.6) is 5.75 Å². The highest BCUT2D eigenvalue weighted by Gasteiger charge is 2.37. The Hall–Kier alpha value is -3.08. The molecular formula is C25H28N2O3. The van der Waals surface area contributed by atoms with Crippen LogP contribution < -0.4 is 10.6 Å². The molecule has 1 aliphatic heterocycles. The van der Waals surface area contributed by atoms with E-state index in [4.69, 9.17) is 0 Å². The number of carbonyl (C=O) groups excluding carboxylic acids is 2. The zero-order valence-corrected chi connectivity index (χ0v) is 18.1. The Morgan fingerprint density at radius 2 is 1.53 bits per heavy atom. The molecule has 4 rings (SSSR count). The first kappa shape index (κ1) is 20.2. The number of benzene rings is 2. The summed E-state index contributed by atoms with van der Waals surface area (Å²) in [6.07, 6.45) is 3.88. The largest absolute Gasteiger partial charge is 0.507 e. The lowest BCUT2D eigenvalue weighted by molar-refractivity contribution is -0.115. The summed E-state index contributed by atoms with van der Waals surface area (Å²) < 4.78 is 0. The molecule has 3 N–H and O–H groups in total. The van der Waals surface area contributed by atoms with E-state index in [9.17, 15) is 14.7 Å². The van der Waals surface area contributed by atoms with Crippen molar-refractivity contribution < 1.29 is 14.7 Å². The Bertz CT molecular complexity index is 1110. The van der Waals surface area contributed by atoms with Crippen molar-refractivity contribution in [2.24, 2.45) is 0 Å². The minimum atomic E-state index is -0.527. The number of phenols is 1. The second-order valence-corrected chi connectivity index (χ2v) is 9.72. The summed E-state index contributed by atoms with van der Waals surface area (Å²) in [7, 11) is 0. The first-order valence-corrected chi connectivity index (χ1v) is 10.3. The van der Waals surface area contributed by atoms with Gasteiger partial charge in [0.05, 0.1) is 0 Å². The summed E-state index contributed by atoms with van der Waals surface area (Å²) in [5.74, 6) is -0.267. The summed E-state index contributed by atoms with van der Waals surface area (Å²) in [5.41, 5.74) is 6.62. The highest BCUT2D eigenvalue weighted by Crippen LogP contribution is 2.48. The number of rotatable bonds is 2. The zero-order valence-electron chi connectivity index (χ0n) is 18.1. The van der Waals surface area contributed by atoms with E-state index < -0.39 is 11.9 Å². The van der Waals surface area contributed by atoms with E-state index in [-0.39, 0.29) is 22.3 Å². The van der Waals surface area contributed by atoms with E-state index in [1.165, 1.54) is 11.1 Å². The molecule has 5 heteroatoms. The molecule has 0 radical (unpaired) electrons. The van der Waals surface area contributed by atoms with Gasteiger partial charge in [-0.05, 0) is 82.7 Å². The second-order valence-electron chi connectivity index (χ2n) is 9.72. The van der Waals surface area contributed by atoms with Crippen LogP contribution in [0.15, 0.2) is 36.0 Å². The first-order valence-electron chi connectivity index (χ1n) is 10.3. The molecule has 1 fully saturated rings. The van der Waals surface area contributed by atoms with Crippen LogP contribution in [0.4, 0.5) is 4.79 Å². The van der Waals surface area contributed by atoms with Gasteiger partial charge in [-0.1, -0.05) is 39.8 Å². The van der Waals surface area contributed by atoms with Crippen molar-refractivity contribution in [2.45, 2.75) is 58.3 Å². The molecule has 0 unspecified atom stereocenters. The van der Waals surface area contributed by atoms with Gasteiger partial charge in [0.1, 0.15) is 11.4 Å². The van der Waals surface area contributed by atoms with Gasteiger partial charge in [0.25, 0.3) is 5.91 Å². The summed E-state index contributed by atoms with van der Waals surface area (Å²) in [4.78, 5) is 23.2. The van der Waals surface area contributed by atoms with Crippen LogP contribution in [0.3, 0.4) is 0 Å². The molecule has 0 aromatic heterocycles. The predicted octanol–water partition coefficient (Wildman–Crippen LogP) is 4.90. The highest BCUT2D eigenvalue weighted by molar-refractivity contribution is 6.14. The van der Waals surface area contributed by atoms with Gasteiger partial charge in [-0.3, -0.25) is 10.1 Å². The fourth-order valence-corrected chi connectivity index (χ4v) is 4.52. The topological polar surface area (TPSA) is 78.4 Å². The number of amides is 3. The molecule has 30 heavy (non-hydrogen) atoms. The third-order valence-electron chi connectivity index (χ3n) is 6.54. The Morgan fingerprint density at radius 1 is 0.900 bits per heavy atom. The SMILES string of the molecule is Cc1cc2c(cc1-c1cc(/C=C3\NC(=O)NC3=O)ccc1O)C(C)(C)CCC2(C)C. The third-order valence-corrected chi connectivity index (χ3v) is 6.54. The van der Waals surface area contributed by atoms with Crippen LogP contribution in [0, 0.1) is 6.92 Å². The fraction of sp³-hybridized carbons (Fsp3) is 0.360. The number of carbonyl (C=O) groups is 2. The number of urea groups is 1. The number of nitrogens with one attached hydrogen (secondary N) is 2. The van der Waals surface area contributed by atoms with Crippen LogP contribution in [0.25, 0.3) is 17.2 Å². The molecule has 3 amide bonds. The second kappa shape index (κ2) is 6.73. The Labute approximate surface area is 177 Å². The number of aromatic hydroxyl groups is 1. The maximum atomic E-state index is 11.8. The van der Waals surface area contributed by atoms with Crippen molar-refractivity contribution in [3.63, 3.8) is 0 Å². The van der Waals surface area contributed by atoms with E-state index in [0.717, 1.165) is 29.5 Å². The maximum Gasteiger partial charge on any atom is 0.326 e. The van der Waals surface area contributed by atoms with Gasteiger partial charge in [-0.15, -0.1) is 0 Å². The summed E-state index contributed by atoms with van der Waals surface area (Å²) in [5, 5.41) is 15.3. The van der Waals surface area contributed by atoms with Gasteiger partial charge in [-0.2, -0.15) is 0 Å². The molecule has 2 aliphatic rings. The van der Waals surface area contributed by atoms with Gasteiger partial charge >= 0.3 is 6.03 Å². The predicted molar refractivity (Wildman–Crippen MR) is 118 cm³/mol. The first-order chi connectivity index (χ1) is 14.0. The average molecular weight is 405 g/mol. The molecule has 0 saturated carbocycles. The van der Waals surface area contributed by atoms with Crippen molar-refractivity contribution in [1.29, 1.82) is 0 Å². The van der Waals surface area contributed by atoms with E-state index in [1.54, 1.807) is 18.2 Å². The lowest BCUT2D eigenvalue weighted by Crippen LogP contribution is -2.34. The molecule has 0 bridgehead atoms. The summed E-state index contributed by atoms with van der Waals surface area (Å²) >= 11 is 0. The van der Waals surface area contributed by atoms with Gasteiger partial charge < -0.3 is 10.4 Å². The van der Waals surface area contributed by atoms with Crippen molar-refractivity contribution in [2.75, 3.05) is 0 Å². The molecular weight excluding hydrogens is 376 g/mol. The number of hydrogen-bond acceptors (Lipinski definition) is 3. The van der Waals surface area contributed by atoms with Gasteiger partial charge in [0.15, 0.2) is 0 Å². The Morgan fingerprint density at radius 3 is 2.13 bits per heavy atom. The number of imide groups is 1. The van der Waals surface area contributed by atoms with Crippen molar-refractivity contribution in [3.8, 4) is 16.9 Å². The minimum absolute atomic E-state index is 0.0642. The Balaban J connectivity index is 1.84. The van der Waals surface area contributed by atoms with Crippen LogP contribution in [-0.2, 0) is 15.6 Å². The lowest BCUT2D eigenvalue weighted by atomic mass is 9.62. The zero-order chi connectivity index (χ0) is 21.8. The molecule has 2 aromatic carbocycles. The molecule has 0 spiro atoms. The van der Waals surface area contributed by atoms with Gasteiger partial charge in [-0.25, -0.2) is 4.79 Å². The number of phenolic OH excluding ortho intramolecular Hbond substituents is 1. The van der Waals surface area contributed by atoms with E-state index >= 15 is 0 Å². The van der Waals surface area contributed by atoms with E-state index in [0.29, 0.717) is 5.56 Å². The monoisotopic (exact) mass is 404 g/mol. The van der Waals surface area contributed by atoms with Gasteiger partial charge in [0, 0.05) is 5.56 Å². The molecule has 2 aromatic rings. The standard InChI is InChI=1S/C25H28N2O3/c1-14-10-18-19(25(4,5)9-8-24(18,2)3)13-16(14)17-11-15(6-7-21(17)28)12-20-22(29)27-23(30)26-20/h6-7,10-13,28H,8-9H2,1-5H3,(H2,26,27,29,30)/b20-12-. The summed E-state index contributed by atoms with van der Waals surface area (Å²) in [6.45, 7) is 11.2. The van der Waals surface area contributed by atoms with Crippen molar-refractivity contribution in [3.05, 3.63) is 58.3 Å². The smallest absolute Gasteiger partial charge is 0.326 e. The van der Waals surface area contributed by atoms with Crippen molar-refractivity contribution in [1.82, 2.24) is 10.6 Å². The lowest BCUT2D eigenvalue weighted by Gasteiger charge is -2.42. The van der Waals surface area contributed by atoms with Crippen LogP contribution in [0.1, 0.15) is 62.8 Å². The molecule has 156 valence electrons. The number of fused-ring (bicyclic) bond motifs is 1. The van der Waals surface area contributed by atoms with E-state index in [2.05, 4.69) is 57.4 Å². The van der Waals surface area contributed by atoms with E-state index in [1.807, 2.05) is 6.07 Å². The fourth-order valence-electron chi connectivity index (χ4n) is 4.52. The summed E-state index contributed by atoms with van der Waals surface area (Å²) in [6, 6.07) is 9.17. The highest BCUT2D eigenvalue weighted by atomic mass is 16.3. The van der Waals surface area contributed by atoms with Crippen LogP contribution in [0.2, 0.25) is 0 Å². The minimum Gasteiger partial charge on any atom is -0.507 e. The normalized spacial score (nSPS) is 20.6. The van der Waals surface area contributed by atoms with Crippen molar-refractivity contribution >= 4 is 18.0 Å². The van der Waals surface area contributed by atoms with Gasteiger partial charge in [0.2, 0.25) is 0 Å². The quantitative estimate of drug-likeness (QED) is 0.492. The van der Waals surface area contributed by atoms with Crippen LogP contribution >= 0.6 is 0 Å². The third kappa shape index (κ3) is 3.38. The van der Waals surface area contributed by atoms with Crippen LogP contribution in [-0.4, -0.2) is 17.0 Å². The molecule has 0 atom stereocenters. The number of hydrogen-bond donors (Lipinski definition) is 3. The molecule has 5 nitrogen and oxygen atoms in total. The maximum absolute atomic E-state index is 11.8. The molecule has 1 heterocycles. The Kier molecular flexibility index (Phi) is 4.53. The molecule has 1 saturated heterocycles.